The highest BCUT2D eigenvalue weighted by Gasteiger charge is 2.34. The number of fused-ring (bicyclic) bond motifs is 1. The van der Waals surface area contributed by atoms with Gasteiger partial charge in [-0.2, -0.15) is 0 Å². The molecule has 2 aliphatic rings. The summed E-state index contributed by atoms with van der Waals surface area (Å²) in [7, 11) is 0. The highest BCUT2D eigenvalue weighted by molar-refractivity contribution is 5.23. The molecule has 2 N–H and O–H groups in total. The third-order valence-corrected chi connectivity index (χ3v) is 4.03. The maximum absolute atomic E-state index is 3.71. The zero-order valence-corrected chi connectivity index (χ0v) is 9.65. The summed E-state index contributed by atoms with van der Waals surface area (Å²) < 4.78 is 0. The molecule has 2 heterocycles. The predicted octanol–water partition coefficient (Wildman–Crippen LogP) is 1.88. The van der Waals surface area contributed by atoms with Crippen molar-refractivity contribution in [1.29, 1.82) is 0 Å². The summed E-state index contributed by atoms with van der Waals surface area (Å²) in [4.78, 5) is 0. The van der Waals surface area contributed by atoms with Crippen molar-refractivity contribution in [3.8, 4) is 0 Å². The molecule has 1 aromatic carbocycles. The van der Waals surface area contributed by atoms with Gasteiger partial charge < -0.3 is 10.6 Å². The molecule has 0 amide bonds. The first-order valence-corrected chi connectivity index (χ1v) is 6.47. The molecule has 0 radical (unpaired) electrons. The Morgan fingerprint density at radius 1 is 0.938 bits per heavy atom. The zero-order valence-electron chi connectivity index (χ0n) is 9.65. The Morgan fingerprint density at radius 3 is 2.69 bits per heavy atom. The van der Waals surface area contributed by atoms with Crippen LogP contribution in [0.15, 0.2) is 30.3 Å². The quantitative estimate of drug-likeness (QED) is 0.749. The van der Waals surface area contributed by atoms with Gasteiger partial charge in [0.2, 0.25) is 0 Å². The van der Waals surface area contributed by atoms with E-state index in [2.05, 4.69) is 41.0 Å². The maximum atomic E-state index is 3.71. The number of piperidine rings is 2. The Morgan fingerprint density at radius 2 is 1.81 bits per heavy atom. The lowest BCUT2D eigenvalue weighted by Gasteiger charge is -2.43. The van der Waals surface area contributed by atoms with Crippen LogP contribution in [0.25, 0.3) is 0 Å². The molecular weight excluding hydrogens is 196 g/mol. The van der Waals surface area contributed by atoms with Crippen LogP contribution in [0.1, 0.15) is 30.7 Å². The van der Waals surface area contributed by atoms with Crippen molar-refractivity contribution in [1.82, 2.24) is 10.6 Å². The van der Waals surface area contributed by atoms with E-state index in [1.807, 2.05) is 0 Å². The Bertz CT molecular complexity index is 334. The van der Waals surface area contributed by atoms with Gasteiger partial charge in [-0.25, -0.2) is 0 Å². The van der Waals surface area contributed by atoms with Gasteiger partial charge in [0.15, 0.2) is 0 Å². The third-order valence-electron chi connectivity index (χ3n) is 4.03. The lowest BCUT2D eigenvalue weighted by molar-refractivity contribution is 0.223. The van der Waals surface area contributed by atoms with Crippen LogP contribution in [-0.2, 0) is 0 Å². The van der Waals surface area contributed by atoms with Crippen LogP contribution < -0.4 is 10.6 Å². The van der Waals surface area contributed by atoms with Crippen LogP contribution in [0.2, 0.25) is 0 Å². The zero-order chi connectivity index (χ0) is 10.8. The van der Waals surface area contributed by atoms with Gasteiger partial charge in [-0.05, 0) is 37.9 Å². The molecule has 16 heavy (non-hydrogen) atoms. The van der Waals surface area contributed by atoms with Crippen LogP contribution in [0, 0.1) is 0 Å². The Hall–Kier alpha value is -0.860. The van der Waals surface area contributed by atoms with Crippen LogP contribution in [0.4, 0.5) is 0 Å². The Kier molecular flexibility index (Phi) is 2.94. The first-order chi connectivity index (χ1) is 7.95. The topological polar surface area (TPSA) is 24.1 Å². The molecule has 86 valence electrons. The molecule has 2 aliphatic heterocycles. The molecule has 0 aromatic heterocycles. The highest BCUT2D eigenvalue weighted by atomic mass is 15.1. The summed E-state index contributed by atoms with van der Waals surface area (Å²) in [6.07, 6.45) is 3.91. The molecule has 1 aromatic rings. The van der Waals surface area contributed by atoms with Gasteiger partial charge in [-0.3, -0.25) is 0 Å². The van der Waals surface area contributed by atoms with Crippen molar-refractivity contribution in [2.75, 3.05) is 13.1 Å². The minimum absolute atomic E-state index is 0.643. The SMILES string of the molecule is c1ccc(C2CCN[C@@H]3CCCN[C@H]23)cc1. The van der Waals surface area contributed by atoms with Gasteiger partial charge >= 0.3 is 0 Å². The normalized spacial score (nSPS) is 34.4. The van der Waals surface area contributed by atoms with E-state index in [0.29, 0.717) is 18.0 Å². The fourth-order valence-electron chi connectivity index (χ4n) is 3.24. The van der Waals surface area contributed by atoms with Gasteiger partial charge in [-0.15, -0.1) is 0 Å². The molecule has 0 spiro atoms. The van der Waals surface area contributed by atoms with E-state index in [1.54, 1.807) is 0 Å². The van der Waals surface area contributed by atoms with Crippen LogP contribution in [-0.4, -0.2) is 25.2 Å². The molecule has 2 nitrogen and oxygen atoms in total. The maximum Gasteiger partial charge on any atom is 0.0290 e. The minimum atomic E-state index is 0.643. The second-order valence-corrected chi connectivity index (χ2v) is 4.99. The van der Waals surface area contributed by atoms with Gasteiger partial charge in [0.25, 0.3) is 0 Å². The molecule has 2 fully saturated rings. The summed E-state index contributed by atoms with van der Waals surface area (Å²) >= 11 is 0. The average Bonchev–Trinajstić information content (AvgIpc) is 2.39. The molecule has 3 rings (SSSR count). The van der Waals surface area contributed by atoms with Crippen molar-refractivity contribution >= 4 is 0 Å². The highest BCUT2D eigenvalue weighted by Crippen LogP contribution is 2.31. The van der Waals surface area contributed by atoms with Gasteiger partial charge in [0, 0.05) is 18.0 Å². The second-order valence-electron chi connectivity index (χ2n) is 4.99. The van der Waals surface area contributed by atoms with Crippen molar-refractivity contribution in [2.45, 2.75) is 37.3 Å². The number of rotatable bonds is 1. The second kappa shape index (κ2) is 4.56. The van der Waals surface area contributed by atoms with Crippen molar-refractivity contribution < 1.29 is 0 Å². The van der Waals surface area contributed by atoms with Gasteiger partial charge in [0.1, 0.15) is 0 Å². The third kappa shape index (κ3) is 1.87. The smallest absolute Gasteiger partial charge is 0.0290 e. The number of benzene rings is 1. The molecule has 0 bridgehead atoms. The monoisotopic (exact) mass is 216 g/mol. The van der Waals surface area contributed by atoms with E-state index < -0.39 is 0 Å². The summed E-state index contributed by atoms with van der Waals surface area (Å²) in [5.74, 6) is 0.702. The average molecular weight is 216 g/mol. The summed E-state index contributed by atoms with van der Waals surface area (Å²) in [6, 6.07) is 12.3. The van der Waals surface area contributed by atoms with Gasteiger partial charge in [0.05, 0.1) is 0 Å². The van der Waals surface area contributed by atoms with Crippen LogP contribution >= 0.6 is 0 Å². The van der Waals surface area contributed by atoms with E-state index in [9.17, 15) is 0 Å². The molecule has 2 saturated heterocycles. The molecule has 1 unspecified atom stereocenters. The first-order valence-electron chi connectivity index (χ1n) is 6.47. The molecule has 0 saturated carbocycles. The Labute approximate surface area is 97.4 Å². The molecule has 0 aliphatic carbocycles. The van der Waals surface area contributed by atoms with E-state index in [1.165, 1.54) is 37.9 Å². The van der Waals surface area contributed by atoms with Crippen LogP contribution in [0.3, 0.4) is 0 Å². The predicted molar refractivity (Wildman–Crippen MR) is 66.6 cm³/mol. The molecule has 2 heteroatoms. The van der Waals surface area contributed by atoms with Crippen molar-refractivity contribution in [3.63, 3.8) is 0 Å². The molecule has 3 atom stereocenters. The number of hydrogen-bond donors (Lipinski definition) is 2. The van der Waals surface area contributed by atoms with E-state index >= 15 is 0 Å². The van der Waals surface area contributed by atoms with Crippen molar-refractivity contribution in [2.24, 2.45) is 0 Å². The van der Waals surface area contributed by atoms with E-state index in [-0.39, 0.29) is 0 Å². The number of nitrogens with one attached hydrogen (secondary N) is 2. The van der Waals surface area contributed by atoms with E-state index in [0.717, 1.165) is 0 Å². The van der Waals surface area contributed by atoms with Crippen molar-refractivity contribution in [3.05, 3.63) is 35.9 Å². The minimum Gasteiger partial charge on any atom is -0.312 e. The Balaban J connectivity index is 1.83. The van der Waals surface area contributed by atoms with E-state index in [4.69, 9.17) is 0 Å². The first kappa shape index (κ1) is 10.3. The lowest BCUT2D eigenvalue weighted by Crippen LogP contribution is -2.58. The fraction of sp³-hybridized carbons (Fsp3) is 0.571. The summed E-state index contributed by atoms with van der Waals surface area (Å²) in [5.41, 5.74) is 1.51. The molecular formula is C14H20N2. The van der Waals surface area contributed by atoms with Gasteiger partial charge in [-0.1, -0.05) is 30.3 Å². The van der Waals surface area contributed by atoms with Crippen LogP contribution in [0.5, 0.6) is 0 Å². The summed E-state index contributed by atoms with van der Waals surface area (Å²) in [5, 5.41) is 7.37. The summed E-state index contributed by atoms with van der Waals surface area (Å²) in [6.45, 7) is 2.36. The standard InChI is InChI=1S/C14H20N2/c1-2-5-11(6-3-1)12-8-10-15-13-7-4-9-16-14(12)13/h1-3,5-6,12-16H,4,7-10H2/t12?,13-,14-/m1/s1. The fourth-order valence-corrected chi connectivity index (χ4v) is 3.24. The lowest BCUT2D eigenvalue weighted by atomic mass is 9.79. The number of hydrogen-bond acceptors (Lipinski definition) is 2. The largest absolute Gasteiger partial charge is 0.312 e.